The molecule has 88 valence electrons. The third-order valence-corrected chi connectivity index (χ3v) is 2.83. The molecule has 0 N–H and O–H groups in total. The molecule has 0 bridgehead atoms. The predicted octanol–water partition coefficient (Wildman–Crippen LogP) is 2.53. The molecular weight excluding hydrogens is 192 g/mol. The van der Waals surface area contributed by atoms with E-state index in [0.29, 0.717) is 25.6 Å². The van der Waals surface area contributed by atoms with E-state index < -0.39 is 0 Å². The third kappa shape index (κ3) is 5.17. The van der Waals surface area contributed by atoms with Gasteiger partial charge in [0, 0.05) is 6.42 Å². The van der Waals surface area contributed by atoms with Crippen LogP contribution in [0.2, 0.25) is 0 Å². The maximum atomic E-state index is 11.3. The van der Waals surface area contributed by atoms with Gasteiger partial charge in [0.15, 0.2) is 0 Å². The van der Waals surface area contributed by atoms with Gasteiger partial charge in [0.25, 0.3) is 0 Å². The van der Waals surface area contributed by atoms with Crippen molar-refractivity contribution < 1.29 is 14.3 Å². The Morgan fingerprint density at radius 1 is 1.33 bits per heavy atom. The van der Waals surface area contributed by atoms with Crippen molar-refractivity contribution in [2.45, 2.75) is 52.1 Å². The van der Waals surface area contributed by atoms with Gasteiger partial charge in [0.1, 0.15) is 6.61 Å². The highest BCUT2D eigenvalue weighted by molar-refractivity contribution is 5.69. The van der Waals surface area contributed by atoms with Gasteiger partial charge >= 0.3 is 5.97 Å². The van der Waals surface area contributed by atoms with Crippen LogP contribution in [0, 0.1) is 5.92 Å². The van der Waals surface area contributed by atoms with E-state index in [4.69, 9.17) is 9.47 Å². The van der Waals surface area contributed by atoms with Gasteiger partial charge < -0.3 is 9.47 Å². The Hall–Kier alpha value is -0.570. The highest BCUT2D eigenvalue weighted by atomic mass is 16.6. The summed E-state index contributed by atoms with van der Waals surface area (Å²) in [6.45, 7) is 7.18. The number of rotatable bonds is 0. The number of esters is 1. The smallest absolute Gasteiger partial charge is 0.306 e. The molecule has 3 nitrogen and oxygen atoms in total. The summed E-state index contributed by atoms with van der Waals surface area (Å²) < 4.78 is 10.7. The van der Waals surface area contributed by atoms with Crippen LogP contribution in [0.15, 0.2) is 0 Å². The summed E-state index contributed by atoms with van der Waals surface area (Å²) >= 11 is 0. The second-order valence-corrected chi connectivity index (χ2v) is 5.03. The molecule has 0 amide bonds. The van der Waals surface area contributed by atoms with Crippen LogP contribution < -0.4 is 0 Å². The van der Waals surface area contributed by atoms with Gasteiger partial charge in [-0.25, -0.2) is 0 Å². The monoisotopic (exact) mass is 214 g/mol. The molecular formula is C12H22O3. The lowest BCUT2D eigenvalue weighted by Crippen LogP contribution is -2.26. The molecule has 1 aliphatic heterocycles. The minimum Gasteiger partial charge on any atom is -0.463 e. The molecule has 3 heteroatoms. The van der Waals surface area contributed by atoms with Crippen LogP contribution in [0.1, 0.15) is 46.5 Å². The average Bonchev–Trinajstić information content (AvgIpc) is 2.13. The molecule has 1 fully saturated rings. The highest BCUT2D eigenvalue weighted by Gasteiger charge is 2.20. The van der Waals surface area contributed by atoms with Crippen molar-refractivity contribution in [3.8, 4) is 0 Å². The van der Waals surface area contributed by atoms with Crippen LogP contribution in [0.25, 0.3) is 0 Å². The molecule has 0 aromatic heterocycles. The van der Waals surface area contributed by atoms with E-state index in [-0.39, 0.29) is 11.6 Å². The number of carbonyl (C=O) groups is 1. The second kappa shape index (κ2) is 5.50. The first-order valence-corrected chi connectivity index (χ1v) is 5.79. The molecule has 1 atom stereocenters. The number of ether oxygens (including phenoxy) is 2. The second-order valence-electron chi connectivity index (χ2n) is 5.03. The third-order valence-electron chi connectivity index (χ3n) is 2.83. The molecule has 1 unspecified atom stereocenters. The minimum absolute atomic E-state index is 0.0868. The van der Waals surface area contributed by atoms with E-state index in [9.17, 15) is 4.79 Å². The lowest BCUT2D eigenvalue weighted by molar-refractivity contribution is -0.147. The quantitative estimate of drug-likeness (QED) is 0.581. The number of hydrogen-bond acceptors (Lipinski definition) is 3. The molecule has 1 saturated heterocycles. The maximum Gasteiger partial charge on any atom is 0.306 e. The van der Waals surface area contributed by atoms with E-state index in [1.165, 1.54) is 0 Å². The molecule has 0 radical (unpaired) electrons. The van der Waals surface area contributed by atoms with Gasteiger partial charge in [-0.2, -0.15) is 0 Å². The topological polar surface area (TPSA) is 35.5 Å². The van der Waals surface area contributed by atoms with Crippen LogP contribution in [-0.2, 0) is 14.3 Å². The Kier molecular flexibility index (Phi) is 4.58. The summed E-state index contributed by atoms with van der Waals surface area (Å²) in [7, 11) is 0. The molecule has 0 saturated carbocycles. The summed E-state index contributed by atoms with van der Waals surface area (Å²) in [5, 5.41) is 0. The molecule has 0 aromatic carbocycles. The lowest BCUT2D eigenvalue weighted by atomic mass is 9.95. The van der Waals surface area contributed by atoms with Crippen LogP contribution in [0.5, 0.6) is 0 Å². The van der Waals surface area contributed by atoms with Crippen molar-refractivity contribution in [2.75, 3.05) is 13.2 Å². The van der Waals surface area contributed by atoms with E-state index in [0.717, 1.165) is 19.3 Å². The van der Waals surface area contributed by atoms with Gasteiger partial charge in [0.05, 0.1) is 12.2 Å². The Morgan fingerprint density at radius 2 is 2.07 bits per heavy atom. The Bertz CT molecular complexity index is 211. The average molecular weight is 214 g/mol. The van der Waals surface area contributed by atoms with Crippen molar-refractivity contribution in [3.63, 3.8) is 0 Å². The zero-order chi connectivity index (χ0) is 11.3. The molecule has 0 spiro atoms. The molecule has 1 heterocycles. The van der Waals surface area contributed by atoms with Crippen LogP contribution >= 0.6 is 0 Å². The Morgan fingerprint density at radius 3 is 2.80 bits per heavy atom. The van der Waals surface area contributed by atoms with Gasteiger partial charge in [-0.1, -0.05) is 19.8 Å². The zero-order valence-corrected chi connectivity index (χ0v) is 10.0. The summed E-state index contributed by atoms with van der Waals surface area (Å²) in [6, 6.07) is 0. The summed E-state index contributed by atoms with van der Waals surface area (Å²) in [6.07, 6.45) is 3.77. The first-order chi connectivity index (χ1) is 6.99. The summed E-state index contributed by atoms with van der Waals surface area (Å²) in [4.78, 5) is 11.3. The zero-order valence-electron chi connectivity index (χ0n) is 10.0. The SMILES string of the molecule is CC1CCCC(C)(C)OCCOC(=O)C1. The fraction of sp³-hybridized carbons (Fsp3) is 0.917. The van der Waals surface area contributed by atoms with Crippen molar-refractivity contribution in [1.82, 2.24) is 0 Å². The Balaban J connectivity index is 2.47. The fourth-order valence-corrected chi connectivity index (χ4v) is 1.87. The Labute approximate surface area is 92.1 Å². The highest BCUT2D eigenvalue weighted by Crippen LogP contribution is 2.22. The number of cyclic esters (lactones) is 1. The molecule has 1 rings (SSSR count). The molecule has 0 aliphatic carbocycles. The van der Waals surface area contributed by atoms with Crippen LogP contribution in [-0.4, -0.2) is 24.8 Å². The fourth-order valence-electron chi connectivity index (χ4n) is 1.87. The standard InChI is InChI=1S/C12H22O3/c1-10-5-4-6-12(2,3)15-8-7-14-11(13)9-10/h10H,4-9H2,1-3H3. The molecule has 1 aliphatic rings. The van der Waals surface area contributed by atoms with E-state index in [1.807, 2.05) is 0 Å². The normalized spacial score (nSPS) is 29.0. The van der Waals surface area contributed by atoms with E-state index in [2.05, 4.69) is 20.8 Å². The van der Waals surface area contributed by atoms with E-state index >= 15 is 0 Å². The van der Waals surface area contributed by atoms with Crippen molar-refractivity contribution >= 4 is 5.97 Å². The lowest BCUT2D eigenvalue weighted by Gasteiger charge is -2.25. The minimum atomic E-state index is -0.0918. The number of hydrogen-bond donors (Lipinski definition) is 0. The van der Waals surface area contributed by atoms with Crippen molar-refractivity contribution in [3.05, 3.63) is 0 Å². The van der Waals surface area contributed by atoms with Gasteiger partial charge in [-0.3, -0.25) is 4.79 Å². The molecule has 15 heavy (non-hydrogen) atoms. The summed E-state index contributed by atoms with van der Waals surface area (Å²) in [5.41, 5.74) is -0.0868. The van der Waals surface area contributed by atoms with Gasteiger partial charge in [0.2, 0.25) is 0 Å². The van der Waals surface area contributed by atoms with Crippen molar-refractivity contribution in [1.29, 1.82) is 0 Å². The van der Waals surface area contributed by atoms with Gasteiger partial charge in [-0.05, 0) is 26.2 Å². The predicted molar refractivity (Wildman–Crippen MR) is 58.6 cm³/mol. The van der Waals surface area contributed by atoms with Gasteiger partial charge in [-0.15, -0.1) is 0 Å². The van der Waals surface area contributed by atoms with Crippen molar-refractivity contribution in [2.24, 2.45) is 5.92 Å². The van der Waals surface area contributed by atoms with Crippen LogP contribution in [0.4, 0.5) is 0 Å². The summed E-state index contributed by atoms with van der Waals surface area (Å²) in [5.74, 6) is 0.331. The largest absolute Gasteiger partial charge is 0.463 e. The first kappa shape index (κ1) is 12.5. The maximum absolute atomic E-state index is 11.3. The first-order valence-electron chi connectivity index (χ1n) is 5.79. The van der Waals surface area contributed by atoms with E-state index in [1.54, 1.807) is 0 Å². The number of carbonyl (C=O) groups excluding carboxylic acids is 1. The van der Waals surface area contributed by atoms with Crippen LogP contribution in [0.3, 0.4) is 0 Å². The molecule has 0 aromatic rings.